The maximum Gasteiger partial charge on any atom is 0.356 e. The molecule has 0 aliphatic carbocycles. The van der Waals surface area contributed by atoms with Gasteiger partial charge in [-0.05, 0) is 18.6 Å². The van der Waals surface area contributed by atoms with Crippen molar-refractivity contribution in [1.29, 1.82) is 0 Å². The van der Waals surface area contributed by atoms with Gasteiger partial charge in [0.2, 0.25) is 0 Å². The zero-order valence-electron chi connectivity index (χ0n) is 8.02. The second kappa shape index (κ2) is 4.16. The minimum absolute atomic E-state index is 0.0709. The van der Waals surface area contributed by atoms with E-state index in [-0.39, 0.29) is 10.6 Å². The van der Waals surface area contributed by atoms with E-state index in [1.165, 1.54) is 13.2 Å². The molecule has 5 nitrogen and oxygen atoms in total. The number of pyridine rings is 1. The predicted molar refractivity (Wildman–Crippen MR) is 53.4 cm³/mol. The van der Waals surface area contributed by atoms with Gasteiger partial charge >= 0.3 is 5.97 Å². The van der Waals surface area contributed by atoms with Crippen molar-refractivity contribution in [3.8, 4) is 0 Å². The lowest BCUT2D eigenvalue weighted by Crippen LogP contribution is -2.07. The largest absolute Gasteiger partial charge is 0.464 e. The fraction of sp³-hybridized carbons (Fsp3) is 0.250. The van der Waals surface area contributed by atoms with Crippen molar-refractivity contribution in [2.24, 2.45) is 0 Å². The van der Waals surface area contributed by atoms with Crippen LogP contribution in [-0.4, -0.2) is 26.5 Å². The van der Waals surface area contributed by atoms with E-state index < -0.39 is 15.0 Å². The molecule has 0 aliphatic rings. The Balaban J connectivity index is 3.27. The Labute approximate surface area is 91.5 Å². The van der Waals surface area contributed by atoms with Crippen LogP contribution in [0.25, 0.3) is 0 Å². The van der Waals surface area contributed by atoms with Gasteiger partial charge in [-0.15, -0.1) is 0 Å². The Kier molecular flexibility index (Phi) is 3.31. The summed E-state index contributed by atoms with van der Waals surface area (Å²) in [5, 5.41) is 0. The van der Waals surface area contributed by atoms with Crippen molar-refractivity contribution < 1.29 is 17.9 Å². The van der Waals surface area contributed by atoms with Gasteiger partial charge in [-0.1, -0.05) is 0 Å². The minimum Gasteiger partial charge on any atom is -0.464 e. The Morgan fingerprint density at radius 2 is 2.13 bits per heavy atom. The molecular formula is C8H8ClNO4S. The average Bonchev–Trinajstić information content (AvgIpc) is 2.15. The van der Waals surface area contributed by atoms with Gasteiger partial charge in [-0.2, -0.15) is 0 Å². The molecule has 0 saturated heterocycles. The number of hydrogen-bond donors (Lipinski definition) is 0. The summed E-state index contributed by atoms with van der Waals surface area (Å²) in [7, 11) is 2.51. The fourth-order valence-corrected chi connectivity index (χ4v) is 1.74. The molecule has 0 aliphatic heterocycles. The van der Waals surface area contributed by atoms with Crippen LogP contribution in [0.5, 0.6) is 0 Å². The van der Waals surface area contributed by atoms with E-state index in [2.05, 4.69) is 9.72 Å². The molecule has 1 aromatic rings. The standard InChI is InChI=1S/C8H8ClNO4S/c1-5-3-6(15(9,12)13)4-10-7(5)8(11)14-2/h3-4H,1-2H3. The summed E-state index contributed by atoms with van der Waals surface area (Å²) in [6.07, 6.45) is 1.02. The van der Waals surface area contributed by atoms with Gasteiger partial charge in [0.25, 0.3) is 9.05 Å². The van der Waals surface area contributed by atoms with E-state index in [0.717, 1.165) is 6.20 Å². The van der Waals surface area contributed by atoms with E-state index in [4.69, 9.17) is 10.7 Å². The van der Waals surface area contributed by atoms with Gasteiger partial charge in [0.05, 0.1) is 7.11 Å². The molecule has 0 amide bonds. The molecule has 82 valence electrons. The van der Waals surface area contributed by atoms with Crippen LogP contribution in [0.4, 0.5) is 0 Å². The van der Waals surface area contributed by atoms with Crippen LogP contribution < -0.4 is 0 Å². The lowest BCUT2D eigenvalue weighted by Gasteiger charge is -2.03. The molecule has 7 heteroatoms. The number of carbonyl (C=O) groups is 1. The van der Waals surface area contributed by atoms with Crippen molar-refractivity contribution >= 4 is 25.7 Å². The fourth-order valence-electron chi connectivity index (χ4n) is 0.993. The third kappa shape index (κ3) is 2.66. The van der Waals surface area contributed by atoms with Crippen LogP contribution in [0.15, 0.2) is 17.2 Å². The van der Waals surface area contributed by atoms with Crippen LogP contribution >= 0.6 is 10.7 Å². The summed E-state index contributed by atoms with van der Waals surface area (Å²) in [6.45, 7) is 1.55. The van der Waals surface area contributed by atoms with Crippen LogP contribution in [0.1, 0.15) is 16.1 Å². The first kappa shape index (κ1) is 11.9. The second-order valence-corrected chi connectivity index (χ2v) is 5.33. The molecule has 1 aromatic heterocycles. The zero-order valence-corrected chi connectivity index (χ0v) is 9.59. The van der Waals surface area contributed by atoms with Gasteiger partial charge in [-0.3, -0.25) is 0 Å². The number of nitrogens with zero attached hydrogens (tertiary/aromatic N) is 1. The van der Waals surface area contributed by atoms with Gasteiger partial charge in [0.15, 0.2) is 5.69 Å². The normalized spacial score (nSPS) is 11.1. The van der Waals surface area contributed by atoms with Crippen molar-refractivity contribution in [1.82, 2.24) is 4.98 Å². The van der Waals surface area contributed by atoms with Gasteiger partial charge < -0.3 is 4.74 Å². The molecule has 15 heavy (non-hydrogen) atoms. The lowest BCUT2D eigenvalue weighted by molar-refractivity contribution is 0.0593. The molecule has 0 bridgehead atoms. The quantitative estimate of drug-likeness (QED) is 0.580. The van der Waals surface area contributed by atoms with E-state index in [9.17, 15) is 13.2 Å². The summed E-state index contributed by atoms with van der Waals surface area (Å²) in [4.78, 5) is 14.7. The maximum atomic E-state index is 11.1. The zero-order chi connectivity index (χ0) is 11.6. The van der Waals surface area contributed by atoms with Crippen LogP contribution in [-0.2, 0) is 13.8 Å². The molecule has 1 heterocycles. The number of aromatic nitrogens is 1. The predicted octanol–water partition coefficient (Wildman–Crippen LogP) is 1.10. The van der Waals surface area contributed by atoms with Crippen LogP contribution in [0, 0.1) is 6.92 Å². The maximum absolute atomic E-state index is 11.1. The van der Waals surface area contributed by atoms with E-state index in [1.54, 1.807) is 6.92 Å². The molecule has 0 atom stereocenters. The van der Waals surface area contributed by atoms with Gasteiger partial charge in [0, 0.05) is 16.9 Å². The molecule has 0 N–H and O–H groups in total. The number of ether oxygens (including phenoxy) is 1. The number of aryl methyl sites for hydroxylation is 1. The Hall–Kier alpha value is -1.14. The van der Waals surface area contributed by atoms with Crippen molar-refractivity contribution in [2.45, 2.75) is 11.8 Å². The van der Waals surface area contributed by atoms with Crippen LogP contribution in [0.3, 0.4) is 0 Å². The molecule has 0 unspecified atom stereocenters. The van der Waals surface area contributed by atoms with E-state index in [1.807, 2.05) is 0 Å². The number of halogens is 1. The highest BCUT2D eigenvalue weighted by molar-refractivity contribution is 8.13. The molecule has 0 spiro atoms. The first-order valence-corrected chi connectivity index (χ1v) is 6.17. The Bertz CT molecular complexity index is 497. The molecule has 0 saturated carbocycles. The Morgan fingerprint density at radius 1 is 1.53 bits per heavy atom. The highest BCUT2D eigenvalue weighted by Gasteiger charge is 2.16. The summed E-state index contributed by atoms with van der Waals surface area (Å²) < 4.78 is 26.3. The van der Waals surface area contributed by atoms with E-state index >= 15 is 0 Å². The van der Waals surface area contributed by atoms with E-state index in [0.29, 0.717) is 5.56 Å². The van der Waals surface area contributed by atoms with Crippen molar-refractivity contribution in [3.05, 3.63) is 23.5 Å². The SMILES string of the molecule is COC(=O)c1ncc(S(=O)(=O)Cl)cc1C. The smallest absolute Gasteiger partial charge is 0.356 e. The Morgan fingerprint density at radius 3 is 2.53 bits per heavy atom. The number of methoxy groups -OCH3 is 1. The monoisotopic (exact) mass is 249 g/mol. The molecule has 1 rings (SSSR count). The average molecular weight is 250 g/mol. The molecule has 0 aromatic carbocycles. The van der Waals surface area contributed by atoms with Crippen LogP contribution in [0.2, 0.25) is 0 Å². The molecule has 0 radical (unpaired) electrons. The second-order valence-electron chi connectivity index (χ2n) is 2.77. The number of hydrogen-bond acceptors (Lipinski definition) is 5. The highest BCUT2D eigenvalue weighted by Crippen LogP contribution is 2.17. The van der Waals surface area contributed by atoms with Crippen molar-refractivity contribution in [2.75, 3.05) is 7.11 Å². The third-order valence-electron chi connectivity index (χ3n) is 1.71. The molecular weight excluding hydrogens is 242 g/mol. The first-order valence-electron chi connectivity index (χ1n) is 3.86. The summed E-state index contributed by atoms with van der Waals surface area (Å²) in [5.41, 5.74) is 0.463. The summed E-state index contributed by atoms with van der Waals surface area (Å²) >= 11 is 0. The lowest BCUT2D eigenvalue weighted by atomic mass is 10.2. The minimum atomic E-state index is -3.82. The topological polar surface area (TPSA) is 73.3 Å². The number of esters is 1. The summed E-state index contributed by atoms with van der Waals surface area (Å²) in [6, 6.07) is 1.27. The van der Waals surface area contributed by atoms with Gasteiger partial charge in [-0.25, -0.2) is 18.2 Å². The highest BCUT2D eigenvalue weighted by atomic mass is 35.7. The van der Waals surface area contributed by atoms with Crippen molar-refractivity contribution in [3.63, 3.8) is 0 Å². The summed E-state index contributed by atoms with van der Waals surface area (Å²) in [5.74, 6) is -0.619. The number of rotatable bonds is 2. The third-order valence-corrected chi connectivity index (χ3v) is 3.03. The number of carbonyl (C=O) groups excluding carboxylic acids is 1. The first-order chi connectivity index (χ1) is 6.86. The van der Waals surface area contributed by atoms with Gasteiger partial charge in [0.1, 0.15) is 4.90 Å². The molecule has 0 fully saturated rings.